The molecule has 5 fully saturated rings. The van der Waals surface area contributed by atoms with E-state index in [1.54, 1.807) is 12.1 Å². The first-order valence-electron chi connectivity index (χ1n) is 19.1. The maximum absolute atomic E-state index is 12.8. The number of aryl methyl sites for hydroxylation is 1. The number of fused-ring (bicyclic) bond motifs is 3. The van der Waals surface area contributed by atoms with Crippen LogP contribution in [-0.2, 0) is 54.6 Å². The smallest absolute Gasteiger partial charge is 0.397 e. The summed E-state index contributed by atoms with van der Waals surface area (Å²) in [5.74, 6) is -2.17. The van der Waals surface area contributed by atoms with E-state index in [0.717, 1.165) is 30.4 Å². The van der Waals surface area contributed by atoms with E-state index in [2.05, 4.69) is 17.2 Å². The van der Waals surface area contributed by atoms with E-state index < -0.39 is 86.4 Å². The third kappa shape index (κ3) is 9.83. The third-order valence-electron chi connectivity index (χ3n) is 13.2. The van der Waals surface area contributed by atoms with Gasteiger partial charge in [0.15, 0.2) is 6.29 Å². The molecule has 2 bridgehead atoms. The van der Waals surface area contributed by atoms with Gasteiger partial charge < -0.3 is 40.5 Å². The summed E-state index contributed by atoms with van der Waals surface area (Å²) in [6, 6.07) is 3.55. The van der Waals surface area contributed by atoms with Crippen LogP contribution in [0.3, 0.4) is 0 Å². The molecule has 18 nitrogen and oxygen atoms in total. The Morgan fingerprint density at radius 1 is 1.00 bits per heavy atom. The second kappa shape index (κ2) is 17.8. The SMILES string of the molecule is C=C1C2CCC3C4(C)CC(O[C@H]5O[C@H](CNCCNC(=O)CCc6cc(I)c(O)c(I)c6)[C@@H](OS(=O)(=O)O)[C@@H](OS(=O)(=O)O)C5O)CC(C(=O)O)C4CCC3(C2)[C@H]1O. The fourth-order valence-electron chi connectivity index (χ4n) is 10.8. The van der Waals surface area contributed by atoms with Gasteiger partial charge in [-0.2, -0.15) is 16.8 Å². The Labute approximate surface area is 364 Å². The average molecular weight is 1080 g/mol. The Hall–Kier alpha value is -1.30. The molecule has 5 aliphatic rings. The Bertz CT molecular complexity index is 1950. The van der Waals surface area contributed by atoms with Crippen molar-refractivity contribution in [1.82, 2.24) is 10.6 Å². The standard InChI is InChI=1S/C36H50I2N2O16S2/c1-17-19-4-5-26-35(2)15-20(13-21(33(45)46)22(35)7-8-36(26,14-19)32(17)44)53-34-29(43)31(56-58(50,51)52)30(55-57(47,48)49)25(54-34)16-39-9-10-40-27(41)6-3-18-11-23(37)28(42)24(38)12-18/h11-12,19-22,25-26,29-32,34,39,42-44H,1,3-10,13-16H2,2H3,(H,40,41)(H,45,46)(H,47,48,49)(H,50,51,52)/t19?,20?,21?,22?,25-,26?,29?,30-,31+,32+,34+,35?,36?/m1/s1. The van der Waals surface area contributed by atoms with Gasteiger partial charge in [0.05, 0.1) is 25.3 Å². The van der Waals surface area contributed by atoms with Gasteiger partial charge in [0.1, 0.15) is 30.2 Å². The van der Waals surface area contributed by atoms with Crippen LogP contribution >= 0.6 is 45.2 Å². The molecule has 1 aromatic carbocycles. The van der Waals surface area contributed by atoms with Crippen molar-refractivity contribution in [3.05, 3.63) is 37.0 Å². The molecule has 8 unspecified atom stereocenters. The monoisotopic (exact) mass is 1080 g/mol. The minimum atomic E-state index is -5.39. The number of carboxylic acids is 1. The zero-order valence-corrected chi connectivity index (χ0v) is 37.5. The second-order valence-corrected chi connectivity index (χ2v) is 20.9. The van der Waals surface area contributed by atoms with Crippen LogP contribution in [0.5, 0.6) is 5.75 Å². The molecule has 326 valence electrons. The lowest BCUT2D eigenvalue weighted by atomic mass is 9.43. The quantitative estimate of drug-likeness (QED) is 0.0411. The number of aliphatic carboxylic acids is 1. The highest BCUT2D eigenvalue weighted by atomic mass is 127. The molecular weight excluding hydrogens is 1030 g/mol. The van der Waals surface area contributed by atoms with Crippen molar-refractivity contribution in [3.63, 3.8) is 0 Å². The summed E-state index contributed by atoms with van der Waals surface area (Å²) in [4.78, 5) is 25.4. The Morgan fingerprint density at radius 3 is 2.29 bits per heavy atom. The molecule has 6 rings (SSSR count). The van der Waals surface area contributed by atoms with E-state index in [1.165, 1.54) is 0 Å². The summed E-state index contributed by atoms with van der Waals surface area (Å²) in [7, 11) is -10.7. The molecule has 4 aliphatic carbocycles. The van der Waals surface area contributed by atoms with Crippen molar-refractivity contribution in [2.45, 2.75) is 108 Å². The van der Waals surface area contributed by atoms with Crippen molar-refractivity contribution in [1.29, 1.82) is 0 Å². The number of carbonyl (C=O) groups excluding carboxylic acids is 1. The number of rotatable bonds is 15. The number of carboxylic acid groups (broad SMARTS) is 1. The van der Waals surface area contributed by atoms with E-state index in [0.29, 0.717) is 32.8 Å². The van der Waals surface area contributed by atoms with Gasteiger partial charge >= 0.3 is 26.8 Å². The van der Waals surface area contributed by atoms with Gasteiger partial charge in [-0.15, -0.1) is 0 Å². The fourth-order valence-corrected chi connectivity index (χ4v) is 13.8. The van der Waals surface area contributed by atoms with E-state index in [4.69, 9.17) is 17.8 Å². The van der Waals surface area contributed by atoms with Crippen molar-refractivity contribution in [2.24, 2.45) is 34.5 Å². The molecule has 4 saturated carbocycles. The van der Waals surface area contributed by atoms with Crippen LogP contribution < -0.4 is 10.6 Å². The summed E-state index contributed by atoms with van der Waals surface area (Å²) in [5, 5.41) is 49.0. The average Bonchev–Trinajstić information content (AvgIpc) is 3.29. The van der Waals surface area contributed by atoms with E-state index in [9.17, 15) is 56.0 Å². The minimum Gasteiger partial charge on any atom is -0.506 e. The lowest BCUT2D eigenvalue weighted by Gasteiger charge is -2.62. The van der Waals surface area contributed by atoms with Crippen LogP contribution in [0.25, 0.3) is 0 Å². The molecule has 22 heteroatoms. The summed E-state index contributed by atoms with van der Waals surface area (Å²) in [5.41, 5.74) is 0.556. The molecule has 8 N–H and O–H groups in total. The molecule has 1 heterocycles. The molecule has 0 aromatic heterocycles. The van der Waals surface area contributed by atoms with Gasteiger partial charge in [-0.1, -0.05) is 13.5 Å². The summed E-state index contributed by atoms with van der Waals surface area (Å²) in [6.45, 7) is 6.01. The minimum absolute atomic E-state index is 0.00235. The van der Waals surface area contributed by atoms with Crippen molar-refractivity contribution < 1.29 is 73.8 Å². The summed E-state index contributed by atoms with van der Waals surface area (Å²) < 4.78 is 90.2. The number of amides is 1. The predicted molar refractivity (Wildman–Crippen MR) is 220 cm³/mol. The van der Waals surface area contributed by atoms with Gasteiger partial charge in [-0.05, 0) is 143 Å². The van der Waals surface area contributed by atoms with Gasteiger partial charge in [0.2, 0.25) is 5.91 Å². The second-order valence-electron chi connectivity index (χ2n) is 16.5. The van der Waals surface area contributed by atoms with Crippen LogP contribution in [-0.4, -0.2) is 121 Å². The highest BCUT2D eigenvalue weighted by Crippen LogP contribution is 2.70. The van der Waals surface area contributed by atoms with Crippen molar-refractivity contribution >= 4 is 77.9 Å². The molecule has 1 saturated heterocycles. The lowest BCUT2D eigenvalue weighted by Crippen LogP contribution is -2.64. The number of halogens is 2. The number of aliphatic hydroxyl groups excluding tert-OH is 2. The molecule has 1 spiro atoms. The fraction of sp³-hybridized carbons (Fsp3) is 0.722. The Balaban J connectivity index is 1.16. The van der Waals surface area contributed by atoms with Crippen molar-refractivity contribution in [2.75, 3.05) is 19.6 Å². The Morgan fingerprint density at radius 2 is 1.66 bits per heavy atom. The van der Waals surface area contributed by atoms with E-state index >= 15 is 0 Å². The number of aliphatic hydroxyl groups is 2. The first-order chi connectivity index (χ1) is 27.0. The number of aromatic hydroxyl groups is 1. The number of hydrogen-bond acceptors (Lipinski definition) is 14. The normalized spacial score (nSPS) is 37.5. The zero-order chi connectivity index (χ0) is 42.5. The molecular formula is C36H50I2N2O16S2. The van der Waals surface area contributed by atoms with Crippen LogP contribution in [0.4, 0.5) is 0 Å². The summed E-state index contributed by atoms with van der Waals surface area (Å²) >= 11 is 4.00. The number of nitrogens with one attached hydrogen (secondary N) is 2. The largest absolute Gasteiger partial charge is 0.506 e. The highest BCUT2D eigenvalue weighted by molar-refractivity contribution is 14.1. The van der Waals surface area contributed by atoms with E-state index in [1.807, 2.05) is 52.1 Å². The highest BCUT2D eigenvalue weighted by Gasteiger charge is 2.67. The molecule has 0 radical (unpaired) electrons. The molecule has 1 aliphatic heterocycles. The van der Waals surface area contributed by atoms with Gasteiger partial charge in [0.25, 0.3) is 0 Å². The maximum atomic E-state index is 12.8. The van der Waals surface area contributed by atoms with Crippen molar-refractivity contribution in [3.8, 4) is 5.75 Å². The lowest BCUT2D eigenvalue weighted by molar-refractivity contribution is -0.309. The number of phenols is 1. The van der Waals surface area contributed by atoms with Crippen LogP contribution in [0.1, 0.15) is 63.9 Å². The van der Waals surface area contributed by atoms with Crippen LogP contribution in [0, 0.1) is 41.6 Å². The number of phenolic OH excluding ortho intramolecular Hbond substituents is 1. The maximum Gasteiger partial charge on any atom is 0.397 e. The first kappa shape index (κ1) is 46.2. The van der Waals surface area contributed by atoms with E-state index in [-0.39, 0.29) is 61.9 Å². The summed E-state index contributed by atoms with van der Waals surface area (Å²) in [6.07, 6.45) is -6.94. The predicted octanol–water partition coefficient (Wildman–Crippen LogP) is 2.33. The van der Waals surface area contributed by atoms with Gasteiger partial charge in [-0.25, -0.2) is 8.37 Å². The van der Waals surface area contributed by atoms with Crippen LogP contribution in [0.15, 0.2) is 24.3 Å². The molecule has 1 aromatic rings. The number of ether oxygens (including phenoxy) is 2. The zero-order valence-electron chi connectivity index (χ0n) is 31.5. The number of carbonyl (C=O) groups is 2. The van der Waals surface area contributed by atoms with Gasteiger partial charge in [0, 0.05) is 31.5 Å². The number of benzene rings is 1. The number of hydrogen-bond donors (Lipinski definition) is 8. The molecule has 58 heavy (non-hydrogen) atoms. The third-order valence-corrected chi connectivity index (χ3v) is 15.8. The van der Waals surface area contributed by atoms with Gasteiger partial charge in [-0.3, -0.25) is 18.7 Å². The molecule has 1 amide bonds. The topological polar surface area (TPSA) is 285 Å². The molecule has 13 atom stereocenters. The van der Waals surface area contributed by atoms with Crippen LogP contribution in [0.2, 0.25) is 0 Å². The Kier molecular flexibility index (Phi) is 14.2. The first-order valence-corrected chi connectivity index (χ1v) is 24.0.